The van der Waals surface area contributed by atoms with Gasteiger partial charge in [0.1, 0.15) is 0 Å². The predicted octanol–water partition coefficient (Wildman–Crippen LogP) is 7.61. The molecule has 4 aromatic carbocycles. The molecule has 0 radical (unpaired) electrons. The van der Waals surface area contributed by atoms with Crippen molar-refractivity contribution in [2.45, 2.75) is 20.8 Å². The van der Waals surface area contributed by atoms with Crippen LogP contribution in [0.2, 0.25) is 0 Å². The summed E-state index contributed by atoms with van der Waals surface area (Å²) >= 11 is 0. The van der Waals surface area contributed by atoms with E-state index >= 15 is 0 Å². The molecule has 0 heteroatoms. The minimum atomic E-state index is 1.26. The minimum Gasteiger partial charge on any atom is -0.0620 e. The van der Waals surface area contributed by atoms with E-state index in [2.05, 4.69) is 112 Å². The SMILES string of the molecule is Cc1cccc(-c2cc(-c3ccccc3C)cc(-c3ccccc3C)c2)c1. The first kappa shape index (κ1) is 17.3. The molecule has 0 saturated heterocycles. The lowest BCUT2D eigenvalue weighted by molar-refractivity contribution is 1.43. The first-order valence-corrected chi connectivity index (χ1v) is 9.46. The van der Waals surface area contributed by atoms with Crippen LogP contribution in [0.1, 0.15) is 16.7 Å². The van der Waals surface area contributed by atoms with Crippen LogP contribution in [-0.4, -0.2) is 0 Å². The summed E-state index contributed by atoms with van der Waals surface area (Å²) in [6.07, 6.45) is 0. The molecule has 0 aliphatic heterocycles. The van der Waals surface area contributed by atoms with E-state index in [1.807, 2.05) is 0 Å². The Bertz CT molecular complexity index is 1040. The second kappa shape index (κ2) is 7.25. The van der Waals surface area contributed by atoms with E-state index in [9.17, 15) is 0 Å². The summed E-state index contributed by atoms with van der Waals surface area (Å²) in [5.74, 6) is 0. The van der Waals surface area contributed by atoms with E-state index in [1.165, 1.54) is 50.1 Å². The van der Waals surface area contributed by atoms with Crippen LogP contribution in [0, 0.1) is 20.8 Å². The smallest absolute Gasteiger partial charge is 0.0154 e. The van der Waals surface area contributed by atoms with Crippen molar-refractivity contribution in [3.63, 3.8) is 0 Å². The van der Waals surface area contributed by atoms with Gasteiger partial charge in [-0.25, -0.2) is 0 Å². The highest BCUT2D eigenvalue weighted by atomic mass is 14.1. The van der Waals surface area contributed by atoms with Crippen LogP contribution in [0.3, 0.4) is 0 Å². The van der Waals surface area contributed by atoms with Gasteiger partial charge in [-0.15, -0.1) is 0 Å². The quantitative estimate of drug-likeness (QED) is 0.357. The van der Waals surface area contributed by atoms with E-state index in [0.717, 1.165) is 0 Å². The van der Waals surface area contributed by atoms with Gasteiger partial charge >= 0.3 is 0 Å². The zero-order chi connectivity index (χ0) is 18.8. The van der Waals surface area contributed by atoms with E-state index in [-0.39, 0.29) is 0 Å². The van der Waals surface area contributed by atoms with Crippen molar-refractivity contribution in [3.05, 3.63) is 108 Å². The van der Waals surface area contributed by atoms with Gasteiger partial charge in [-0.3, -0.25) is 0 Å². The van der Waals surface area contributed by atoms with Gasteiger partial charge in [-0.2, -0.15) is 0 Å². The van der Waals surface area contributed by atoms with Crippen molar-refractivity contribution in [3.8, 4) is 33.4 Å². The average Bonchev–Trinajstić information content (AvgIpc) is 2.68. The normalized spacial score (nSPS) is 10.8. The molecule has 0 heterocycles. The maximum absolute atomic E-state index is 2.32. The molecule has 4 rings (SSSR count). The van der Waals surface area contributed by atoms with Gasteiger partial charge in [0, 0.05) is 0 Å². The van der Waals surface area contributed by atoms with Crippen LogP contribution in [0.5, 0.6) is 0 Å². The summed E-state index contributed by atoms with van der Waals surface area (Å²) in [5.41, 5.74) is 11.5. The third-order valence-electron chi connectivity index (χ3n) is 5.20. The third-order valence-corrected chi connectivity index (χ3v) is 5.20. The van der Waals surface area contributed by atoms with Crippen molar-refractivity contribution in [2.24, 2.45) is 0 Å². The maximum Gasteiger partial charge on any atom is -0.0154 e. The first-order valence-electron chi connectivity index (χ1n) is 9.46. The number of benzene rings is 4. The van der Waals surface area contributed by atoms with Gasteiger partial charge in [-0.05, 0) is 83.5 Å². The second-order valence-electron chi connectivity index (χ2n) is 7.30. The molecule has 4 aromatic rings. The van der Waals surface area contributed by atoms with Crippen molar-refractivity contribution < 1.29 is 0 Å². The molecule has 0 nitrogen and oxygen atoms in total. The number of aryl methyl sites for hydroxylation is 3. The highest BCUT2D eigenvalue weighted by molar-refractivity contribution is 5.83. The Morgan fingerprint density at radius 2 is 0.926 bits per heavy atom. The molecule has 0 atom stereocenters. The lowest BCUT2D eigenvalue weighted by Crippen LogP contribution is -1.89. The fourth-order valence-electron chi connectivity index (χ4n) is 3.72. The molecular weight excluding hydrogens is 324 g/mol. The van der Waals surface area contributed by atoms with Crippen molar-refractivity contribution in [1.82, 2.24) is 0 Å². The molecule has 0 amide bonds. The Morgan fingerprint density at radius 3 is 1.44 bits per heavy atom. The molecule has 0 aliphatic rings. The van der Waals surface area contributed by atoms with Gasteiger partial charge in [0.15, 0.2) is 0 Å². The Kier molecular flexibility index (Phi) is 4.64. The first-order chi connectivity index (χ1) is 13.1. The fourth-order valence-corrected chi connectivity index (χ4v) is 3.72. The molecule has 0 N–H and O–H groups in total. The van der Waals surface area contributed by atoms with E-state index in [4.69, 9.17) is 0 Å². The summed E-state index contributed by atoms with van der Waals surface area (Å²) in [5, 5.41) is 0. The Hall–Kier alpha value is -3.12. The summed E-state index contributed by atoms with van der Waals surface area (Å²) in [7, 11) is 0. The average molecular weight is 348 g/mol. The topological polar surface area (TPSA) is 0 Å². The van der Waals surface area contributed by atoms with E-state index in [1.54, 1.807) is 0 Å². The fraction of sp³-hybridized carbons (Fsp3) is 0.111. The van der Waals surface area contributed by atoms with Crippen LogP contribution in [-0.2, 0) is 0 Å². The molecular formula is C27H24. The summed E-state index contributed by atoms with van der Waals surface area (Å²) in [6.45, 7) is 6.52. The Morgan fingerprint density at radius 1 is 0.407 bits per heavy atom. The molecule has 0 saturated carbocycles. The van der Waals surface area contributed by atoms with Gasteiger partial charge in [0.05, 0.1) is 0 Å². The molecule has 132 valence electrons. The van der Waals surface area contributed by atoms with Gasteiger partial charge in [0.2, 0.25) is 0 Å². The van der Waals surface area contributed by atoms with Gasteiger partial charge in [0.25, 0.3) is 0 Å². The minimum absolute atomic E-state index is 1.26. The highest BCUT2D eigenvalue weighted by Gasteiger charge is 2.10. The van der Waals surface area contributed by atoms with Gasteiger partial charge < -0.3 is 0 Å². The van der Waals surface area contributed by atoms with Crippen LogP contribution in [0.4, 0.5) is 0 Å². The number of rotatable bonds is 3. The molecule has 27 heavy (non-hydrogen) atoms. The maximum atomic E-state index is 2.32. The summed E-state index contributed by atoms with van der Waals surface area (Å²) < 4.78 is 0. The molecule has 0 unspecified atom stereocenters. The predicted molar refractivity (Wildman–Crippen MR) is 117 cm³/mol. The van der Waals surface area contributed by atoms with Crippen molar-refractivity contribution in [2.75, 3.05) is 0 Å². The lowest BCUT2D eigenvalue weighted by atomic mass is 9.90. The highest BCUT2D eigenvalue weighted by Crippen LogP contribution is 2.35. The number of hydrogen-bond donors (Lipinski definition) is 0. The van der Waals surface area contributed by atoms with Gasteiger partial charge in [-0.1, -0.05) is 78.4 Å². The third kappa shape index (κ3) is 3.57. The Balaban J connectivity index is 1.97. The van der Waals surface area contributed by atoms with E-state index < -0.39 is 0 Å². The van der Waals surface area contributed by atoms with Crippen molar-refractivity contribution >= 4 is 0 Å². The van der Waals surface area contributed by atoms with E-state index in [0.29, 0.717) is 0 Å². The second-order valence-corrected chi connectivity index (χ2v) is 7.30. The largest absolute Gasteiger partial charge is 0.0620 e. The van der Waals surface area contributed by atoms with Crippen LogP contribution in [0.15, 0.2) is 91.0 Å². The number of hydrogen-bond acceptors (Lipinski definition) is 0. The zero-order valence-corrected chi connectivity index (χ0v) is 16.2. The molecule has 0 bridgehead atoms. The van der Waals surface area contributed by atoms with Crippen molar-refractivity contribution in [1.29, 1.82) is 0 Å². The molecule has 0 aliphatic carbocycles. The lowest BCUT2D eigenvalue weighted by Gasteiger charge is -2.14. The Labute approximate surface area is 162 Å². The van der Waals surface area contributed by atoms with Crippen LogP contribution < -0.4 is 0 Å². The van der Waals surface area contributed by atoms with Crippen LogP contribution >= 0.6 is 0 Å². The standard InChI is InChI=1S/C27H24/c1-19-9-8-12-22(15-19)23-16-24(26-13-6-4-10-20(26)2)18-25(17-23)27-14-7-5-11-21(27)3/h4-18H,1-3H3. The summed E-state index contributed by atoms with van der Waals surface area (Å²) in [4.78, 5) is 0. The monoisotopic (exact) mass is 348 g/mol. The molecule has 0 fully saturated rings. The molecule has 0 aromatic heterocycles. The molecule has 0 spiro atoms. The summed E-state index contributed by atoms with van der Waals surface area (Å²) in [6, 6.07) is 32.9. The van der Waals surface area contributed by atoms with Crippen LogP contribution in [0.25, 0.3) is 33.4 Å². The zero-order valence-electron chi connectivity index (χ0n) is 16.2.